The number of hydrogen-bond acceptors (Lipinski definition) is 4. The number of carbonyl (C=O) groups excluding carboxylic acids is 2. The molecule has 0 saturated carbocycles. The Hall–Kier alpha value is -4.91. The number of nitrogens with zero attached hydrogens (tertiary/aromatic N) is 1. The predicted octanol–water partition coefficient (Wildman–Crippen LogP) is 5.84. The van der Waals surface area contributed by atoms with Crippen LogP contribution < -0.4 is 10.1 Å². The fraction of sp³-hybridized carbons (Fsp3) is 0.206. The zero-order valence-electron chi connectivity index (χ0n) is 23.1. The minimum absolute atomic E-state index is 0.0541. The van der Waals surface area contributed by atoms with Crippen molar-refractivity contribution in [3.8, 4) is 16.9 Å². The second-order valence-electron chi connectivity index (χ2n) is 9.49. The summed E-state index contributed by atoms with van der Waals surface area (Å²) in [6.07, 6.45) is 0.321. The third kappa shape index (κ3) is 7.82. The van der Waals surface area contributed by atoms with Crippen LogP contribution in [-0.4, -0.2) is 47.5 Å². The average molecular weight is 551 g/mol. The zero-order chi connectivity index (χ0) is 29.0. The summed E-state index contributed by atoms with van der Waals surface area (Å²) in [5.74, 6) is -0.778. The van der Waals surface area contributed by atoms with Crippen molar-refractivity contribution in [2.75, 3.05) is 19.7 Å². The molecule has 0 bridgehead atoms. The van der Waals surface area contributed by atoms with E-state index in [4.69, 9.17) is 4.74 Å². The van der Waals surface area contributed by atoms with Crippen molar-refractivity contribution in [3.05, 3.63) is 125 Å². The Balaban J connectivity index is 1.61. The van der Waals surface area contributed by atoms with Gasteiger partial charge in [0.05, 0.1) is 13.0 Å². The van der Waals surface area contributed by atoms with Crippen LogP contribution in [0.1, 0.15) is 45.2 Å². The van der Waals surface area contributed by atoms with Crippen molar-refractivity contribution in [3.63, 3.8) is 0 Å². The van der Waals surface area contributed by atoms with Gasteiger partial charge in [-0.15, -0.1) is 0 Å². The summed E-state index contributed by atoms with van der Waals surface area (Å²) >= 11 is 0. The average Bonchev–Trinajstić information content (AvgIpc) is 3.01. The predicted molar refractivity (Wildman–Crippen MR) is 159 cm³/mol. The highest BCUT2D eigenvalue weighted by molar-refractivity contribution is 6.06. The highest BCUT2D eigenvalue weighted by atomic mass is 16.5. The van der Waals surface area contributed by atoms with Gasteiger partial charge >= 0.3 is 5.97 Å². The first-order valence-electron chi connectivity index (χ1n) is 13.7. The molecule has 7 heteroatoms. The Labute approximate surface area is 240 Å². The lowest BCUT2D eigenvalue weighted by Gasteiger charge is -2.24. The molecule has 7 nitrogen and oxygen atoms in total. The van der Waals surface area contributed by atoms with Crippen LogP contribution in [0.4, 0.5) is 0 Å². The third-order valence-corrected chi connectivity index (χ3v) is 6.72. The number of amides is 2. The first kappa shape index (κ1) is 29.1. The van der Waals surface area contributed by atoms with Gasteiger partial charge in [-0.2, -0.15) is 0 Å². The number of hydrogen-bond donors (Lipinski definition) is 2. The molecule has 0 unspecified atom stereocenters. The van der Waals surface area contributed by atoms with E-state index in [1.54, 1.807) is 29.2 Å². The minimum atomic E-state index is -0.980. The van der Waals surface area contributed by atoms with Crippen LogP contribution in [0.2, 0.25) is 0 Å². The maximum Gasteiger partial charge on any atom is 0.305 e. The molecular formula is C34H34N2O5. The second kappa shape index (κ2) is 14.5. The molecule has 0 aliphatic carbocycles. The van der Waals surface area contributed by atoms with Gasteiger partial charge in [0.25, 0.3) is 11.8 Å². The van der Waals surface area contributed by atoms with Crippen LogP contribution in [0.5, 0.6) is 5.75 Å². The van der Waals surface area contributed by atoms with E-state index in [0.717, 1.165) is 16.9 Å². The molecule has 2 N–H and O–H groups in total. The molecule has 41 heavy (non-hydrogen) atoms. The summed E-state index contributed by atoms with van der Waals surface area (Å²) < 4.78 is 5.74. The Morgan fingerprint density at radius 2 is 1.37 bits per heavy atom. The largest absolute Gasteiger partial charge is 0.494 e. The molecule has 0 aliphatic heterocycles. The van der Waals surface area contributed by atoms with E-state index < -0.39 is 5.97 Å². The lowest BCUT2D eigenvalue weighted by atomic mass is 9.94. The van der Waals surface area contributed by atoms with Crippen LogP contribution in [-0.2, 0) is 17.8 Å². The molecule has 0 aliphatic rings. The van der Waals surface area contributed by atoms with Crippen molar-refractivity contribution in [1.29, 1.82) is 0 Å². The first-order chi connectivity index (χ1) is 20.0. The van der Waals surface area contributed by atoms with Crippen molar-refractivity contribution in [2.45, 2.75) is 26.3 Å². The number of ether oxygens (including phenoxy) is 1. The molecule has 4 rings (SSSR count). The molecule has 0 fully saturated rings. The molecular weight excluding hydrogens is 516 g/mol. The Morgan fingerprint density at radius 1 is 0.756 bits per heavy atom. The smallest absolute Gasteiger partial charge is 0.305 e. The van der Waals surface area contributed by atoms with E-state index in [0.29, 0.717) is 48.4 Å². The van der Waals surface area contributed by atoms with E-state index in [2.05, 4.69) is 5.32 Å². The molecule has 0 saturated heterocycles. The van der Waals surface area contributed by atoms with Crippen LogP contribution in [0, 0.1) is 0 Å². The summed E-state index contributed by atoms with van der Waals surface area (Å²) in [6, 6.07) is 31.6. The number of para-hydroxylation sites is 1. The van der Waals surface area contributed by atoms with E-state index in [1.807, 2.05) is 85.8 Å². The summed E-state index contributed by atoms with van der Waals surface area (Å²) in [5, 5.41) is 12.3. The SMILES string of the molecule is CCOc1ccccc1CCN(CCC(=O)O)C(=O)c1ccccc1-c1ccccc1C(=O)NCc1ccccc1. The number of aliphatic carboxylic acids is 1. The summed E-state index contributed by atoms with van der Waals surface area (Å²) in [4.78, 5) is 40.3. The van der Waals surface area contributed by atoms with Gasteiger partial charge in [0.1, 0.15) is 5.75 Å². The van der Waals surface area contributed by atoms with Gasteiger partial charge in [0, 0.05) is 30.8 Å². The number of carbonyl (C=O) groups is 3. The molecule has 0 atom stereocenters. The van der Waals surface area contributed by atoms with Gasteiger partial charge in [-0.1, -0.05) is 84.9 Å². The Kier molecular flexibility index (Phi) is 10.3. The zero-order valence-corrected chi connectivity index (χ0v) is 23.1. The van der Waals surface area contributed by atoms with Crippen LogP contribution in [0.15, 0.2) is 103 Å². The molecule has 0 radical (unpaired) electrons. The van der Waals surface area contributed by atoms with Gasteiger partial charge in [0.2, 0.25) is 0 Å². The van der Waals surface area contributed by atoms with Crippen molar-refractivity contribution in [1.82, 2.24) is 10.2 Å². The molecule has 0 aromatic heterocycles. The number of rotatable bonds is 13. The van der Waals surface area contributed by atoms with Crippen molar-refractivity contribution >= 4 is 17.8 Å². The van der Waals surface area contributed by atoms with Crippen molar-refractivity contribution < 1.29 is 24.2 Å². The molecule has 4 aromatic carbocycles. The lowest BCUT2D eigenvalue weighted by Crippen LogP contribution is -2.35. The number of nitrogens with one attached hydrogen (secondary N) is 1. The van der Waals surface area contributed by atoms with Gasteiger partial charge in [0.15, 0.2) is 0 Å². The number of carboxylic acid groups (broad SMARTS) is 1. The molecule has 4 aromatic rings. The highest BCUT2D eigenvalue weighted by Gasteiger charge is 2.23. The van der Waals surface area contributed by atoms with E-state index in [1.165, 1.54) is 0 Å². The summed E-state index contributed by atoms with van der Waals surface area (Å²) in [5.41, 5.74) is 4.01. The number of benzene rings is 4. The Morgan fingerprint density at radius 3 is 2.07 bits per heavy atom. The molecule has 0 spiro atoms. The van der Waals surface area contributed by atoms with Gasteiger partial charge in [-0.3, -0.25) is 14.4 Å². The quantitative estimate of drug-likeness (QED) is 0.218. The van der Waals surface area contributed by atoms with Gasteiger partial charge in [-0.25, -0.2) is 0 Å². The topological polar surface area (TPSA) is 95.9 Å². The van der Waals surface area contributed by atoms with Gasteiger partial charge < -0.3 is 20.1 Å². The normalized spacial score (nSPS) is 10.6. The maximum absolute atomic E-state index is 14.0. The standard InChI is InChI=1S/C34H34N2O5/c1-2-41-31-19-11-6-14-26(31)20-22-36(23-21-32(37)38)34(40)30-18-10-8-16-28(30)27-15-7-9-17-29(27)33(39)35-24-25-12-4-3-5-13-25/h3-19H,2,20-24H2,1H3,(H,35,39)(H,37,38). The summed E-state index contributed by atoms with van der Waals surface area (Å²) in [6.45, 7) is 3.17. The van der Waals surface area contributed by atoms with E-state index in [9.17, 15) is 19.5 Å². The first-order valence-corrected chi connectivity index (χ1v) is 13.7. The second-order valence-corrected chi connectivity index (χ2v) is 9.49. The monoisotopic (exact) mass is 550 g/mol. The lowest BCUT2D eigenvalue weighted by molar-refractivity contribution is -0.137. The fourth-order valence-corrected chi connectivity index (χ4v) is 4.67. The van der Waals surface area contributed by atoms with Gasteiger partial charge in [-0.05, 0) is 53.8 Å². The molecule has 2 amide bonds. The Bertz CT molecular complexity index is 1490. The summed E-state index contributed by atoms with van der Waals surface area (Å²) in [7, 11) is 0. The number of carboxylic acids is 1. The highest BCUT2D eigenvalue weighted by Crippen LogP contribution is 2.29. The van der Waals surface area contributed by atoms with Crippen molar-refractivity contribution in [2.24, 2.45) is 0 Å². The van der Waals surface area contributed by atoms with Crippen LogP contribution >= 0.6 is 0 Å². The molecule has 0 heterocycles. The van der Waals surface area contributed by atoms with Crippen LogP contribution in [0.25, 0.3) is 11.1 Å². The third-order valence-electron chi connectivity index (χ3n) is 6.72. The fourth-order valence-electron chi connectivity index (χ4n) is 4.67. The van der Waals surface area contributed by atoms with E-state index >= 15 is 0 Å². The maximum atomic E-state index is 14.0. The molecule has 210 valence electrons. The van der Waals surface area contributed by atoms with Crippen LogP contribution in [0.3, 0.4) is 0 Å². The van der Waals surface area contributed by atoms with E-state index in [-0.39, 0.29) is 24.8 Å². The minimum Gasteiger partial charge on any atom is -0.494 e.